The highest BCUT2D eigenvalue weighted by atomic mass is 16.5. The second-order valence-corrected chi connectivity index (χ2v) is 15.9. The second kappa shape index (κ2) is 16.5. The molecule has 0 amide bonds. The monoisotopic (exact) mass is 742 g/mol. The van der Waals surface area contributed by atoms with Gasteiger partial charge in [0.1, 0.15) is 42.6 Å². The van der Waals surface area contributed by atoms with Crippen LogP contribution in [0, 0.1) is 17.3 Å². The van der Waals surface area contributed by atoms with Gasteiger partial charge in [-0.25, -0.2) is 9.98 Å². The Morgan fingerprint density at radius 1 is 0.909 bits per heavy atom. The fourth-order valence-electron chi connectivity index (χ4n) is 9.30. The van der Waals surface area contributed by atoms with E-state index in [0.717, 1.165) is 78.5 Å². The summed E-state index contributed by atoms with van der Waals surface area (Å²) in [4.78, 5) is 31.2. The standard InChI is InChI=1S/C46H54N4O5/c1-4-31-28-50-25-22-34(31)26-41(50)43(36-21-24-47-38-20-19-35(52-3)27-37(36)38)55-42(51)18-12-7-13-23-46(2,44-48-39(29-53-44)32-14-8-5-9-15-32)45-49-40(30-54-45)33-16-10-6-11-17-33/h5-6,8-11,14-17,19-21,24,27,31,34,39-41,43H,4,7,12-13,18,22-23,25-26,28-30H2,1-3H3/t31-,34-,39+,40+,41+,43-/m0/s1. The van der Waals surface area contributed by atoms with Gasteiger partial charge in [-0.15, -0.1) is 0 Å². The summed E-state index contributed by atoms with van der Waals surface area (Å²) in [6.07, 6.45) is 8.44. The van der Waals surface area contributed by atoms with Crippen LogP contribution in [0.2, 0.25) is 0 Å². The summed E-state index contributed by atoms with van der Waals surface area (Å²) < 4.78 is 24.9. The van der Waals surface area contributed by atoms with Crippen molar-refractivity contribution in [3.8, 4) is 5.75 Å². The molecule has 7 atom stereocenters. The Morgan fingerprint density at radius 3 is 2.22 bits per heavy atom. The molecular weight excluding hydrogens is 689 g/mol. The topological polar surface area (TPSA) is 94.8 Å². The molecule has 55 heavy (non-hydrogen) atoms. The smallest absolute Gasteiger partial charge is 0.306 e. The predicted molar refractivity (Wildman–Crippen MR) is 215 cm³/mol. The Balaban J connectivity index is 0.959. The van der Waals surface area contributed by atoms with Crippen LogP contribution >= 0.6 is 0 Å². The van der Waals surface area contributed by atoms with Gasteiger partial charge in [-0.3, -0.25) is 14.7 Å². The van der Waals surface area contributed by atoms with Gasteiger partial charge in [-0.1, -0.05) is 86.8 Å². The molecule has 5 aliphatic rings. The molecule has 0 radical (unpaired) electrons. The second-order valence-electron chi connectivity index (χ2n) is 15.9. The van der Waals surface area contributed by atoms with Gasteiger partial charge in [0.2, 0.25) is 0 Å². The number of piperidine rings is 3. The minimum absolute atomic E-state index is 0.0627. The molecule has 3 saturated heterocycles. The Bertz CT molecular complexity index is 1940. The summed E-state index contributed by atoms with van der Waals surface area (Å²) >= 11 is 0. The molecule has 2 bridgehead atoms. The first-order chi connectivity index (χ1) is 26.9. The van der Waals surface area contributed by atoms with Gasteiger partial charge in [-0.05, 0) is 86.4 Å². The van der Waals surface area contributed by atoms with Crippen LogP contribution in [-0.4, -0.2) is 67.1 Å². The third-order valence-electron chi connectivity index (χ3n) is 12.5. The van der Waals surface area contributed by atoms with Crippen LogP contribution in [0.5, 0.6) is 5.75 Å². The maximum absolute atomic E-state index is 13.8. The number of nitrogens with zero attached hydrogens (tertiary/aromatic N) is 4. The van der Waals surface area contributed by atoms with Gasteiger partial charge in [0.25, 0.3) is 0 Å². The molecular formula is C46H54N4O5. The van der Waals surface area contributed by atoms with Gasteiger partial charge in [-0.2, -0.15) is 0 Å². The number of unbranched alkanes of at least 4 members (excludes halogenated alkanes) is 2. The van der Waals surface area contributed by atoms with Crippen molar-refractivity contribution in [3.05, 3.63) is 108 Å². The molecule has 6 heterocycles. The molecule has 9 nitrogen and oxygen atoms in total. The number of pyridine rings is 1. The Morgan fingerprint density at radius 2 is 1.60 bits per heavy atom. The lowest BCUT2D eigenvalue weighted by molar-refractivity contribution is -0.158. The van der Waals surface area contributed by atoms with Crippen LogP contribution in [0.1, 0.15) is 100 Å². The fourth-order valence-corrected chi connectivity index (χ4v) is 9.30. The van der Waals surface area contributed by atoms with Gasteiger partial charge in [0.05, 0.1) is 18.7 Å². The van der Waals surface area contributed by atoms with E-state index >= 15 is 0 Å². The molecule has 0 aliphatic carbocycles. The van der Waals surface area contributed by atoms with E-state index in [0.29, 0.717) is 43.3 Å². The zero-order valence-electron chi connectivity index (χ0n) is 32.4. The van der Waals surface area contributed by atoms with E-state index in [4.69, 9.17) is 28.9 Å². The number of aliphatic imine (C=N–C) groups is 2. The van der Waals surface area contributed by atoms with Gasteiger partial charge < -0.3 is 18.9 Å². The van der Waals surface area contributed by atoms with Crippen molar-refractivity contribution in [1.29, 1.82) is 0 Å². The van der Waals surface area contributed by atoms with E-state index in [1.54, 1.807) is 7.11 Å². The summed E-state index contributed by atoms with van der Waals surface area (Å²) in [6, 6.07) is 28.6. The first kappa shape index (κ1) is 37.2. The van der Waals surface area contributed by atoms with Gasteiger partial charge >= 0.3 is 5.97 Å². The van der Waals surface area contributed by atoms with Crippen LogP contribution in [0.15, 0.2) is 101 Å². The van der Waals surface area contributed by atoms with E-state index in [2.05, 4.69) is 48.0 Å². The zero-order valence-corrected chi connectivity index (χ0v) is 32.4. The maximum Gasteiger partial charge on any atom is 0.306 e. The highest BCUT2D eigenvalue weighted by Gasteiger charge is 2.46. The number of hydrogen-bond donors (Lipinski definition) is 0. The fraction of sp³-hybridized carbons (Fsp3) is 0.478. The van der Waals surface area contributed by atoms with Crippen LogP contribution in [0.25, 0.3) is 10.9 Å². The van der Waals surface area contributed by atoms with E-state index in [-0.39, 0.29) is 30.2 Å². The molecule has 3 aromatic carbocycles. The largest absolute Gasteiger partial charge is 0.497 e. The van der Waals surface area contributed by atoms with Crippen molar-refractivity contribution in [2.75, 3.05) is 33.4 Å². The number of aromatic nitrogens is 1. The average molecular weight is 743 g/mol. The molecule has 9 rings (SSSR count). The number of esters is 1. The molecule has 0 saturated carbocycles. The third-order valence-corrected chi connectivity index (χ3v) is 12.5. The lowest BCUT2D eigenvalue weighted by Crippen LogP contribution is -2.55. The summed E-state index contributed by atoms with van der Waals surface area (Å²) in [5, 5.41) is 0.978. The first-order valence-electron chi connectivity index (χ1n) is 20.3. The highest BCUT2D eigenvalue weighted by Crippen LogP contribution is 2.45. The molecule has 288 valence electrons. The van der Waals surface area contributed by atoms with Crippen molar-refractivity contribution in [3.63, 3.8) is 0 Å². The maximum atomic E-state index is 13.8. The van der Waals surface area contributed by atoms with Crippen LogP contribution in [-0.2, 0) is 19.0 Å². The molecule has 1 aromatic heterocycles. The van der Waals surface area contributed by atoms with E-state index in [9.17, 15) is 4.79 Å². The normalized spacial score (nSPS) is 25.1. The van der Waals surface area contributed by atoms with Crippen molar-refractivity contribution >= 4 is 28.7 Å². The predicted octanol–water partition coefficient (Wildman–Crippen LogP) is 9.24. The SMILES string of the molecule is CC[C@H]1CN2CC[C@H]1C[C@@H]2[C@@H](OC(=O)CCCCCC(C)(C1=N[C@@H](c2ccccc2)CO1)C1=N[C@@H](c2ccccc2)CO1)c1ccnc2ccc(OC)cc12. The molecule has 0 spiro atoms. The van der Waals surface area contributed by atoms with Crippen molar-refractivity contribution in [2.24, 2.45) is 27.2 Å². The number of rotatable bonds is 15. The lowest BCUT2D eigenvalue weighted by atomic mass is 9.72. The van der Waals surface area contributed by atoms with E-state index < -0.39 is 5.41 Å². The lowest BCUT2D eigenvalue weighted by Gasteiger charge is -2.51. The highest BCUT2D eigenvalue weighted by molar-refractivity contribution is 6.06. The Hall–Kier alpha value is -4.76. The van der Waals surface area contributed by atoms with Crippen LogP contribution in [0.4, 0.5) is 0 Å². The molecule has 3 fully saturated rings. The van der Waals surface area contributed by atoms with Crippen LogP contribution < -0.4 is 4.74 Å². The minimum atomic E-state index is -0.618. The third kappa shape index (κ3) is 7.86. The number of benzene rings is 3. The number of methoxy groups -OCH3 is 1. The van der Waals surface area contributed by atoms with Crippen molar-refractivity contribution in [1.82, 2.24) is 9.88 Å². The quantitative estimate of drug-likeness (QED) is 0.0886. The molecule has 1 unspecified atom stereocenters. The molecule has 5 aliphatic heterocycles. The number of carbonyl (C=O) groups is 1. The zero-order chi connectivity index (χ0) is 37.8. The van der Waals surface area contributed by atoms with Crippen LogP contribution in [0.3, 0.4) is 0 Å². The number of hydrogen-bond acceptors (Lipinski definition) is 9. The average Bonchev–Trinajstić information content (AvgIpc) is 3.96. The molecule has 0 N–H and O–H groups in total. The molecule has 9 heteroatoms. The number of fused-ring (bicyclic) bond motifs is 4. The number of ether oxygens (including phenoxy) is 4. The number of carbonyl (C=O) groups excluding carboxylic acids is 1. The summed E-state index contributed by atoms with van der Waals surface area (Å²) in [5.41, 5.74) is 3.54. The summed E-state index contributed by atoms with van der Waals surface area (Å²) in [5.74, 6) is 3.34. The van der Waals surface area contributed by atoms with Crippen molar-refractivity contribution in [2.45, 2.75) is 89.4 Å². The Kier molecular flexibility index (Phi) is 11.2. The first-order valence-corrected chi connectivity index (χ1v) is 20.3. The molecule has 4 aromatic rings. The van der Waals surface area contributed by atoms with E-state index in [1.807, 2.05) is 66.9 Å². The van der Waals surface area contributed by atoms with Gasteiger partial charge in [0, 0.05) is 30.1 Å². The van der Waals surface area contributed by atoms with Gasteiger partial charge in [0.15, 0.2) is 11.8 Å². The summed E-state index contributed by atoms with van der Waals surface area (Å²) in [6.45, 7) is 7.55. The van der Waals surface area contributed by atoms with Crippen molar-refractivity contribution < 1.29 is 23.7 Å². The Labute approximate surface area is 325 Å². The van der Waals surface area contributed by atoms with E-state index in [1.165, 1.54) is 12.8 Å². The summed E-state index contributed by atoms with van der Waals surface area (Å²) in [7, 11) is 1.68. The minimum Gasteiger partial charge on any atom is -0.497 e.